The Morgan fingerprint density at radius 1 is 1.48 bits per heavy atom. The standard InChI is InChI=1S/C14H12ClFN2O3/c1-21-11-4-2-3-10(15)9(11)7-18-13-12(16)8(14(19)20)5-6-17-13/h2-6H,7H2,1H3,(H,17,18)(H,19,20). The number of nitrogens with one attached hydrogen (secondary N) is 1. The normalized spacial score (nSPS) is 10.2. The van der Waals surface area contributed by atoms with Gasteiger partial charge in [-0.25, -0.2) is 14.2 Å². The van der Waals surface area contributed by atoms with Crippen LogP contribution < -0.4 is 10.1 Å². The molecule has 5 nitrogen and oxygen atoms in total. The number of carboxylic acids is 1. The van der Waals surface area contributed by atoms with Crippen molar-refractivity contribution in [2.45, 2.75) is 6.54 Å². The van der Waals surface area contributed by atoms with E-state index in [1.54, 1.807) is 18.2 Å². The second-order valence-electron chi connectivity index (χ2n) is 4.10. The molecule has 0 radical (unpaired) electrons. The first-order chi connectivity index (χ1) is 10.0. The number of hydrogen-bond acceptors (Lipinski definition) is 4. The lowest BCUT2D eigenvalue weighted by Crippen LogP contribution is -2.09. The number of aromatic nitrogens is 1. The Labute approximate surface area is 125 Å². The van der Waals surface area contributed by atoms with Crippen molar-refractivity contribution in [2.24, 2.45) is 0 Å². The molecular weight excluding hydrogens is 299 g/mol. The Hall–Kier alpha value is -2.34. The number of halogens is 2. The van der Waals surface area contributed by atoms with E-state index in [0.717, 1.165) is 6.07 Å². The number of aromatic carboxylic acids is 1. The third-order valence-electron chi connectivity index (χ3n) is 2.85. The van der Waals surface area contributed by atoms with Crippen LogP contribution in [0.3, 0.4) is 0 Å². The second-order valence-corrected chi connectivity index (χ2v) is 4.51. The molecule has 0 aliphatic carbocycles. The van der Waals surface area contributed by atoms with Gasteiger partial charge in [0.15, 0.2) is 11.6 Å². The molecule has 0 fully saturated rings. The van der Waals surface area contributed by atoms with E-state index < -0.39 is 17.3 Å². The van der Waals surface area contributed by atoms with Crippen LogP contribution in [0.25, 0.3) is 0 Å². The summed E-state index contributed by atoms with van der Waals surface area (Å²) in [7, 11) is 1.50. The number of methoxy groups -OCH3 is 1. The predicted octanol–water partition coefficient (Wildman–Crippen LogP) is 3.19. The summed E-state index contributed by atoms with van der Waals surface area (Å²) in [4.78, 5) is 14.7. The molecule has 0 atom stereocenters. The highest BCUT2D eigenvalue weighted by Gasteiger charge is 2.16. The first-order valence-corrected chi connectivity index (χ1v) is 6.35. The van der Waals surface area contributed by atoms with Crippen molar-refractivity contribution >= 4 is 23.4 Å². The van der Waals surface area contributed by atoms with Gasteiger partial charge in [-0.05, 0) is 18.2 Å². The molecule has 0 unspecified atom stereocenters. The van der Waals surface area contributed by atoms with E-state index >= 15 is 0 Å². The largest absolute Gasteiger partial charge is 0.496 e. The second kappa shape index (κ2) is 6.41. The van der Waals surface area contributed by atoms with E-state index in [1.807, 2.05) is 0 Å². The molecule has 0 saturated carbocycles. The highest BCUT2D eigenvalue weighted by atomic mass is 35.5. The molecule has 1 aromatic carbocycles. The van der Waals surface area contributed by atoms with Crippen molar-refractivity contribution in [2.75, 3.05) is 12.4 Å². The van der Waals surface area contributed by atoms with Crippen LogP contribution in [-0.2, 0) is 6.54 Å². The number of ether oxygens (including phenoxy) is 1. The topological polar surface area (TPSA) is 71.5 Å². The van der Waals surface area contributed by atoms with Crippen LogP contribution in [0.2, 0.25) is 5.02 Å². The maximum Gasteiger partial charge on any atom is 0.338 e. The van der Waals surface area contributed by atoms with Crippen molar-refractivity contribution in [3.8, 4) is 5.75 Å². The fraction of sp³-hybridized carbons (Fsp3) is 0.143. The van der Waals surface area contributed by atoms with Gasteiger partial charge in [-0.1, -0.05) is 17.7 Å². The lowest BCUT2D eigenvalue weighted by Gasteiger charge is -2.12. The molecule has 1 heterocycles. The fourth-order valence-corrected chi connectivity index (χ4v) is 2.04. The molecule has 110 valence electrons. The average Bonchev–Trinajstić information content (AvgIpc) is 2.46. The first-order valence-electron chi connectivity index (χ1n) is 5.97. The quantitative estimate of drug-likeness (QED) is 0.887. The van der Waals surface area contributed by atoms with Crippen LogP contribution >= 0.6 is 11.6 Å². The number of pyridine rings is 1. The molecule has 1 aromatic heterocycles. The van der Waals surface area contributed by atoms with E-state index in [0.29, 0.717) is 16.3 Å². The summed E-state index contributed by atoms with van der Waals surface area (Å²) in [5, 5.41) is 12.0. The molecule has 21 heavy (non-hydrogen) atoms. The summed E-state index contributed by atoms with van der Waals surface area (Å²) < 4.78 is 19.1. The van der Waals surface area contributed by atoms with Gasteiger partial charge < -0.3 is 15.2 Å². The van der Waals surface area contributed by atoms with Gasteiger partial charge in [-0.15, -0.1) is 0 Å². The maximum atomic E-state index is 13.9. The van der Waals surface area contributed by atoms with Crippen LogP contribution in [0.15, 0.2) is 30.5 Å². The van der Waals surface area contributed by atoms with Gasteiger partial charge >= 0.3 is 5.97 Å². The third-order valence-corrected chi connectivity index (χ3v) is 3.20. The number of carboxylic acid groups (broad SMARTS) is 1. The third kappa shape index (κ3) is 3.22. The van der Waals surface area contributed by atoms with Crippen LogP contribution in [0.5, 0.6) is 5.75 Å². The van der Waals surface area contributed by atoms with Crippen molar-refractivity contribution in [1.29, 1.82) is 0 Å². The van der Waals surface area contributed by atoms with Gasteiger partial charge in [0, 0.05) is 23.3 Å². The Kier molecular flexibility index (Phi) is 4.59. The number of nitrogens with zero attached hydrogens (tertiary/aromatic N) is 1. The minimum Gasteiger partial charge on any atom is -0.496 e. The fourth-order valence-electron chi connectivity index (χ4n) is 1.81. The van der Waals surface area contributed by atoms with E-state index in [-0.39, 0.29) is 12.4 Å². The van der Waals surface area contributed by atoms with E-state index in [4.69, 9.17) is 21.4 Å². The smallest absolute Gasteiger partial charge is 0.338 e. The zero-order valence-electron chi connectivity index (χ0n) is 11.1. The minimum absolute atomic E-state index is 0.149. The summed E-state index contributed by atoms with van der Waals surface area (Å²) in [6.45, 7) is 0.149. The van der Waals surface area contributed by atoms with Gasteiger partial charge in [0.2, 0.25) is 0 Å². The molecule has 0 amide bonds. The van der Waals surface area contributed by atoms with Crippen molar-refractivity contribution in [3.63, 3.8) is 0 Å². The van der Waals surface area contributed by atoms with Gasteiger partial charge in [0.05, 0.1) is 7.11 Å². The first kappa shape index (κ1) is 15.1. The molecule has 0 saturated heterocycles. The molecule has 0 aliphatic rings. The predicted molar refractivity (Wildman–Crippen MR) is 76.5 cm³/mol. The van der Waals surface area contributed by atoms with Crippen molar-refractivity contribution in [1.82, 2.24) is 4.98 Å². The van der Waals surface area contributed by atoms with Crippen molar-refractivity contribution < 1.29 is 19.0 Å². The molecule has 2 N–H and O–H groups in total. The monoisotopic (exact) mass is 310 g/mol. The minimum atomic E-state index is -1.35. The zero-order valence-corrected chi connectivity index (χ0v) is 11.8. The van der Waals surface area contributed by atoms with Crippen molar-refractivity contribution in [3.05, 3.63) is 52.4 Å². The SMILES string of the molecule is COc1cccc(Cl)c1CNc1nccc(C(=O)O)c1F. The highest BCUT2D eigenvalue weighted by molar-refractivity contribution is 6.31. The molecule has 7 heteroatoms. The number of benzene rings is 1. The molecular formula is C14H12ClFN2O3. The van der Waals surface area contributed by atoms with Gasteiger partial charge in [0.25, 0.3) is 0 Å². The van der Waals surface area contributed by atoms with Crippen LogP contribution in [-0.4, -0.2) is 23.2 Å². The van der Waals surface area contributed by atoms with Crippen LogP contribution in [0.4, 0.5) is 10.2 Å². The number of anilines is 1. The van der Waals surface area contributed by atoms with E-state index in [9.17, 15) is 9.18 Å². The Morgan fingerprint density at radius 2 is 2.24 bits per heavy atom. The highest BCUT2D eigenvalue weighted by Crippen LogP contribution is 2.27. The van der Waals surface area contributed by atoms with E-state index in [1.165, 1.54) is 13.3 Å². The lowest BCUT2D eigenvalue weighted by atomic mass is 10.2. The summed E-state index contributed by atoms with van der Waals surface area (Å²) in [6, 6.07) is 6.23. The summed E-state index contributed by atoms with van der Waals surface area (Å²) in [5.74, 6) is -1.88. The van der Waals surface area contributed by atoms with E-state index in [2.05, 4.69) is 10.3 Å². The Balaban J connectivity index is 2.25. The average molecular weight is 311 g/mol. The number of hydrogen-bond donors (Lipinski definition) is 2. The van der Waals surface area contributed by atoms with Crippen LogP contribution in [0.1, 0.15) is 15.9 Å². The number of rotatable bonds is 5. The molecule has 0 aliphatic heterocycles. The molecule has 0 spiro atoms. The van der Waals surface area contributed by atoms with Gasteiger partial charge in [0.1, 0.15) is 11.3 Å². The van der Waals surface area contributed by atoms with Gasteiger partial charge in [-0.3, -0.25) is 0 Å². The molecule has 2 aromatic rings. The molecule has 2 rings (SSSR count). The summed E-state index contributed by atoms with van der Waals surface area (Å²) >= 11 is 6.07. The summed E-state index contributed by atoms with van der Waals surface area (Å²) in [5.41, 5.74) is 0.183. The van der Waals surface area contributed by atoms with Gasteiger partial charge in [-0.2, -0.15) is 0 Å². The number of carbonyl (C=O) groups is 1. The molecule has 0 bridgehead atoms. The van der Waals surface area contributed by atoms with Crippen LogP contribution in [0, 0.1) is 5.82 Å². The lowest BCUT2D eigenvalue weighted by molar-refractivity contribution is 0.0692. The zero-order chi connectivity index (χ0) is 15.4. The Bertz CT molecular complexity index is 679. The maximum absolute atomic E-state index is 13.9. The summed E-state index contributed by atoms with van der Waals surface area (Å²) in [6.07, 6.45) is 1.22. The Morgan fingerprint density at radius 3 is 2.90 bits per heavy atom.